The predicted molar refractivity (Wildman–Crippen MR) is 46.7 cm³/mol. The molecular weight excluding hydrogens is 186 g/mol. The van der Waals surface area contributed by atoms with Crippen molar-refractivity contribution in [1.82, 2.24) is 10.9 Å². The first-order chi connectivity index (χ1) is 6.68. The standard InChI is InChI=1S/C8H9N3O3/c1-8(11-13)6(9-10-7(8)12)5-3-2-4-14-5/h2-4,11,13H,1H3,(H,10,12). The second-order valence-corrected chi connectivity index (χ2v) is 3.12. The van der Waals surface area contributed by atoms with Gasteiger partial charge >= 0.3 is 0 Å². The molecule has 74 valence electrons. The Kier molecular flexibility index (Phi) is 1.87. The summed E-state index contributed by atoms with van der Waals surface area (Å²) in [6.07, 6.45) is 1.47. The molecule has 14 heavy (non-hydrogen) atoms. The van der Waals surface area contributed by atoms with Gasteiger partial charge in [-0.1, -0.05) is 0 Å². The Morgan fingerprint density at radius 1 is 1.71 bits per heavy atom. The van der Waals surface area contributed by atoms with Crippen LogP contribution in [0.5, 0.6) is 0 Å². The lowest BCUT2D eigenvalue weighted by Gasteiger charge is -2.18. The molecule has 0 fully saturated rings. The molecule has 0 saturated heterocycles. The predicted octanol–water partition coefficient (Wildman–Crippen LogP) is -0.149. The molecule has 6 heteroatoms. The Labute approximate surface area is 79.6 Å². The van der Waals surface area contributed by atoms with Gasteiger partial charge in [-0.25, -0.2) is 5.43 Å². The number of carbonyl (C=O) groups is 1. The number of rotatable bonds is 2. The number of furan rings is 1. The maximum absolute atomic E-state index is 11.3. The van der Waals surface area contributed by atoms with Crippen LogP contribution in [-0.2, 0) is 4.79 Å². The molecule has 0 radical (unpaired) electrons. The summed E-state index contributed by atoms with van der Waals surface area (Å²) in [4.78, 5) is 11.3. The van der Waals surface area contributed by atoms with E-state index in [4.69, 9.17) is 9.62 Å². The van der Waals surface area contributed by atoms with Gasteiger partial charge in [-0.3, -0.25) is 4.79 Å². The van der Waals surface area contributed by atoms with Crippen LogP contribution in [0, 0.1) is 0 Å². The van der Waals surface area contributed by atoms with E-state index in [0.717, 1.165) is 0 Å². The van der Waals surface area contributed by atoms with Crippen LogP contribution in [0.15, 0.2) is 27.9 Å². The first-order valence-electron chi connectivity index (χ1n) is 4.02. The van der Waals surface area contributed by atoms with E-state index in [1.807, 2.05) is 5.48 Å². The quantitative estimate of drug-likeness (QED) is 0.573. The Morgan fingerprint density at radius 3 is 3.07 bits per heavy atom. The molecule has 1 aliphatic rings. The topological polar surface area (TPSA) is 86.9 Å². The second-order valence-electron chi connectivity index (χ2n) is 3.12. The summed E-state index contributed by atoms with van der Waals surface area (Å²) in [5.41, 5.74) is 3.27. The van der Waals surface area contributed by atoms with Gasteiger partial charge in [0.25, 0.3) is 5.91 Å². The molecule has 2 heterocycles. The molecule has 3 N–H and O–H groups in total. The highest BCUT2D eigenvalue weighted by atomic mass is 16.5. The number of hydroxylamine groups is 1. The lowest BCUT2D eigenvalue weighted by Crippen LogP contribution is -2.53. The molecule has 0 aliphatic carbocycles. The zero-order valence-corrected chi connectivity index (χ0v) is 7.44. The van der Waals surface area contributed by atoms with Crippen LogP contribution >= 0.6 is 0 Å². The van der Waals surface area contributed by atoms with Gasteiger partial charge in [-0.15, -0.1) is 0 Å². The van der Waals surface area contributed by atoms with E-state index in [9.17, 15) is 4.79 Å². The Balaban J connectivity index is 2.42. The maximum atomic E-state index is 11.3. The summed E-state index contributed by atoms with van der Waals surface area (Å²) in [7, 11) is 0. The van der Waals surface area contributed by atoms with Crippen molar-refractivity contribution in [2.24, 2.45) is 5.10 Å². The minimum Gasteiger partial charge on any atom is -0.463 e. The van der Waals surface area contributed by atoms with Crippen LogP contribution in [0.2, 0.25) is 0 Å². The second kappa shape index (κ2) is 2.93. The first-order valence-corrected chi connectivity index (χ1v) is 4.02. The number of nitrogens with zero attached hydrogens (tertiary/aromatic N) is 1. The molecule has 0 spiro atoms. The van der Waals surface area contributed by atoms with E-state index >= 15 is 0 Å². The normalized spacial score (nSPS) is 26.1. The van der Waals surface area contributed by atoms with E-state index in [1.54, 1.807) is 12.1 Å². The molecule has 2 rings (SSSR count). The third-order valence-corrected chi connectivity index (χ3v) is 2.18. The third kappa shape index (κ3) is 1.05. The summed E-state index contributed by atoms with van der Waals surface area (Å²) in [5.74, 6) is 0.0128. The highest BCUT2D eigenvalue weighted by Gasteiger charge is 2.45. The molecule has 0 saturated carbocycles. The summed E-state index contributed by atoms with van der Waals surface area (Å²) in [6.45, 7) is 1.51. The van der Waals surface area contributed by atoms with Gasteiger partial charge in [-0.05, 0) is 19.1 Å². The van der Waals surface area contributed by atoms with Crippen LogP contribution in [0.4, 0.5) is 0 Å². The van der Waals surface area contributed by atoms with Gasteiger partial charge in [0.1, 0.15) is 5.71 Å². The number of hydrazone groups is 1. The van der Waals surface area contributed by atoms with Crippen LogP contribution in [0.25, 0.3) is 0 Å². The van der Waals surface area contributed by atoms with Crippen molar-refractivity contribution in [3.8, 4) is 0 Å². The van der Waals surface area contributed by atoms with E-state index in [1.165, 1.54) is 13.2 Å². The van der Waals surface area contributed by atoms with Crippen molar-refractivity contribution >= 4 is 11.6 Å². The average molecular weight is 195 g/mol. The third-order valence-electron chi connectivity index (χ3n) is 2.18. The molecule has 1 atom stereocenters. The highest BCUT2D eigenvalue weighted by Crippen LogP contribution is 2.18. The maximum Gasteiger partial charge on any atom is 0.268 e. The number of hydrogen-bond donors (Lipinski definition) is 3. The lowest BCUT2D eigenvalue weighted by molar-refractivity contribution is -0.126. The van der Waals surface area contributed by atoms with Crippen molar-refractivity contribution in [2.75, 3.05) is 0 Å². The summed E-state index contributed by atoms with van der Waals surface area (Å²) >= 11 is 0. The van der Waals surface area contributed by atoms with E-state index < -0.39 is 11.4 Å². The fraction of sp³-hybridized carbons (Fsp3) is 0.250. The molecule has 6 nitrogen and oxygen atoms in total. The van der Waals surface area contributed by atoms with Gasteiger partial charge in [0, 0.05) is 0 Å². The molecule has 1 aliphatic heterocycles. The fourth-order valence-corrected chi connectivity index (χ4v) is 1.26. The molecule has 1 aromatic rings. The van der Waals surface area contributed by atoms with Crippen molar-refractivity contribution in [2.45, 2.75) is 12.5 Å². The number of carbonyl (C=O) groups excluding carboxylic acids is 1. The van der Waals surface area contributed by atoms with E-state index in [-0.39, 0.29) is 0 Å². The molecule has 0 bridgehead atoms. The largest absolute Gasteiger partial charge is 0.463 e. The number of nitrogens with one attached hydrogen (secondary N) is 2. The lowest BCUT2D eigenvalue weighted by atomic mass is 9.95. The average Bonchev–Trinajstić information content (AvgIpc) is 2.77. The number of hydrogen-bond acceptors (Lipinski definition) is 5. The fourth-order valence-electron chi connectivity index (χ4n) is 1.26. The van der Waals surface area contributed by atoms with Crippen LogP contribution < -0.4 is 10.9 Å². The Morgan fingerprint density at radius 2 is 2.50 bits per heavy atom. The Bertz CT molecular complexity index is 385. The Hall–Kier alpha value is -1.66. The molecular formula is C8H9N3O3. The smallest absolute Gasteiger partial charge is 0.268 e. The van der Waals surface area contributed by atoms with Crippen LogP contribution in [0.1, 0.15) is 12.7 Å². The molecule has 1 aromatic heterocycles. The van der Waals surface area contributed by atoms with Gasteiger partial charge in [0.15, 0.2) is 11.3 Å². The van der Waals surface area contributed by atoms with E-state index in [0.29, 0.717) is 11.5 Å². The van der Waals surface area contributed by atoms with Crippen LogP contribution in [-0.4, -0.2) is 22.4 Å². The summed E-state index contributed by atoms with van der Waals surface area (Å²) < 4.78 is 5.09. The van der Waals surface area contributed by atoms with Crippen molar-refractivity contribution in [3.63, 3.8) is 0 Å². The molecule has 1 unspecified atom stereocenters. The van der Waals surface area contributed by atoms with E-state index in [2.05, 4.69) is 10.5 Å². The number of amides is 1. The minimum absolute atomic E-state index is 0.329. The van der Waals surface area contributed by atoms with Crippen LogP contribution in [0.3, 0.4) is 0 Å². The van der Waals surface area contributed by atoms with Gasteiger partial charge < -0.3 is 9.62 Å². The van der Waals surface area contributed by atoms with Gasteiger partial charge in [0.05, 0.1) is 6.26 Å². The van der Waals surface area contributed by atoms with Gasteiger partial charge in [0.2, 0.25) is 0 Å². The minimum atomic E-state index is -1.25. The monoisotopic (exact) mass is 195 g/mol. The summed E-state index contributed by atoms with van der Waals surface area (Å²) in [6, 6.07) is 3.34. The van der Waals surface area contributed by atoms with Gasteiger partial charge in [-0.2, -0.15) is 10.6 Å². The zero-order chi connectivity index (χ0) is 10.2. The van der Waals surface area contributed by atoms with Crippen molar-refractivity contribution in [3.05, 3.63) is 24.2 Å². The zero-order valence-electron chi connectivity index (χ0n) is 7.44. The molecule has 0 aromatic carbocycles. The molecule has 1 amide bonds. The highest BCUT2D eigenvalue weighted by molar-refractivity contribution is 6.22. The summed E-state index contributed by atoms with van der Waals surface area (Å²) in [5, 5.41) is 12.7. The van der Waals surface area contributed by atoms with Crippen molar-refractivity contribution in [1.29, 1.82) is 0 Å². The first kappa shape index (κ1) is 8.92. The van der Waals surface area contributed by atoms with Crippen molar-refractivity contribution < 1.29 is 14.4 Å². The SMILES string of the molecule is CC1(NO)C(=O)NN=C1c1ccco1.